The van der Waals surface area contributed by atoms with Crippen LogP contribution < -0.4 is 5.73 Å². The molecule has 4 rings (SSSR count). The van der Waals surface area contributed by atoms with Crippen molar-refractivity contribution in [3.05, 3.63) is 78.8 Å². The Kier molecular flexibility index (Phi) is 4.71. The van der Waals surface area contributed by atoms with Gasteiger partial charge in [-0.05, 0) is 35.9 Å². The first kappa shape index (κ1) is 16.4. The molecule has 0 radical (unpaired) electrons. The number of pyridine rings is 1. The van der Waals surface area contributed by atoms with Crippen molar-refractivity contribution < 1.29 is 0 Å². The standard InChI is InChI=1S/C21H21N5/c22-20(12-16-4-2-1-3-5-16)9-11-26-15-21(24-25-26)18-6-7-19-14-23-10-8-17(19)13-18/h1-8,10,13-15,20H,9,11-12,22H2/t20-/m1/s1. The Morgan fingerprint density at radius 1 is 1.00 bits per heavy atom. The number of nitrogens with two attached hydrogens (primary N) is 1. The molecule has 0 amide bonds. The van der Waals surface area contributed by atoms with Gasteiger partial charge in [0, 0.05) is 35.9 Å². The second-order valence-electron chi connectivity index (χ2n) is 6.54. The monoisotopic (exact) mass is 343 g/mol. The van der Waals surface area contributed by atoms with Crippen LogP contribution in [0.4, 0.5) is 0 Å². The molecule has 1 atom stereocenters. The van der Waals surface area contributed by atoms with Crippen molar-refractivity contribution in [2.45, 2.75) is 25.4 Å². The summed E-state index contributed by atoms with van der Waals surface area (Å²) in [5, 5.41) is 10.8. The van der Waals surface area contributed by atoms with Crippen molar-refractivity contribution in [2.24, 2.45) is 5.73 Å². The van der Waals surface area contributed by atoms with Crippen LogP contribution in [0.5, 0.6) is 0 Å². The quantitative estimate of drug-likeness (QED) is 0.582. The molecule has 2 aromatic carbocycles. The van der Waals surface area contributed by atoms with Gasteiger partial charge in [-0.2, -0.15) is 0 Å². The molecule has 5 nitrogen and oxygen atoms in total. The third-order valence-electron chi connectivity index (χ3n) is 4.54. The van der Waals surface area contributed by atoms with Gasteiger partial charge in [0.2, 0.25) is 0 Å². The summed E-state index contributed by atoms with van der Waals surface area (Å²) >= 11 is 0. The molecule has 0 unspecified atom stereocenters. The van der Waals surface area contributed by atoms with Crippen LogP contribution >= 0.6 is 0 Å². The maximum absolute atomic E-state index is 6.27. The van der Waals surface area contributed by atoms with E-state index in [0.29, 0.717) is 0 Å². The van der Waals surface area contributed by atoms with E-state index >= 15 is 0 Å². The van der Waals surface area contributed by atoms with Crippen LogP contribution in [0.2, 0.25) is 0 Å². The average molecular weight is 343 g/mol. The summed E-state index contributed by atoms with van der Waals surface area (Å²) in [5.41, 5.74) is 9.47. The lowest BCUT2D eigenvalue weighted by molar-refractivity contribution is 0.497. The Hall–Kier alpha value is -3.05. The molecule has 4 aromatic rings. The molecule has 2 N–H and O–H groups in total. The van der Waals surface area contributed by atoms with Crippen molar-refractivity contribution in [3.63, 3.8) is 0 Å². The van der Waals surface area contributed by atoms with E-state index in [1.54, 1.807) is 6.20 Å². The van der Waals surface area contributed by atoms with Gasteiger partial charge in [-0.1, -0.05) is 47.7 Å². The van der Waals surface area contributed by atoms with Crippen LogP contribution in [0, 0.1) is 0 Å². The molecule has 0 saturated heterocycles. The number of aromatic nitrogens is 4. The largest absolute Gasteiger partial charge is 0.327 e. The molecule has 5 heteroatoms. The van der Waals surface area contributed by atoms with Gasteiger partial charge >= 0.3 is 0 Å². The number of hydrogen-bond acceptors (Lipinski definition) is 4. The highest BCUT2D eigenvalue weighted by Crippen LogP contribution is 2.22. The fourth-order valence-electron chi connectivity index (χ4n) is 3.10. The van der Waals surface area contributed by atoms with Gasteiger partial charge in [-0.15, -0.1) is 5.10 Å². The van der Waals surface area contributed by atoms with Gasteiger partial charge in [-0.25, -0.2) is 0 Å². The van der Waals surface area contributed by atoms with E-state index in [9.17, 15) is 0 Å². The molecule has 0 aliphatic carbocycles. The molecular formula is C21H21N5. The first-order valence-corrected chi connectivity index (χ1v) is 8.82. The maximum Gasteiger partial charge on any atom is 0.113 e. The Bertz CT molecular complexity index is 993. The Morgan fingerprint density at radius 3 is 2.77 bits per heavy atom. The lowest BCUT2D eigenvalue weighted by Crippen LogP contribution is -2.24. The number of rotatable bonds is 6. The van der Waals surface area contributed by atoms with E-state index in [1.165, 1.54) is 5.56 Å². The van der Waals surface area contributed by atoms with Crippen LogP contribution in [-0.4, -0.2) is 26.0 Å². The maximum atomic E-state index is 6.27. The summed E-state index contributed by atoms with van der Waals surface area (Å²) in [7, 11) is 0. The minimum Gasteiger partial charge on any atom is -0.327 e. The van der Waals surface area contributed by atoms with E-state index < -0.39 is 0 Å². The van der Waals surface area contributed by atoms with Gasteiger partial charge in [0.25, 0.3) is 0 Å². The van der Waals surface area contributed by atoms with Crippen LogP contribution in [0.25, 0.3) is 22.0 Å². The van der Waals surface area contributed by atoms with Gasteiger partial charge in [0.15, 0.2) is 0 Å². The van der Waals surface area contributed by atoms with Gasteiger partial charge in [0.1, 0.15) is 5.69 Å². The first-order valence-electron chi connectivity index (χ1n) is 8.82. The fourth-order valence-corrected chi connectivity index (χ4v) is 3.10. The zero-order valence-corrected chi connectivity index (χ0v) is 14.5. The molecular weight excluding hydrogens is 322 g/mol. The molecule has 0 saturated carbocycles. The highest BCUT2D eigenvalue weighted by molar-refractivity contribution is 5.85. The molecule has 2 heterocycles. The summed E-state index contributed by atoms with van der Waals surface area (Å²) in [4.78, 5) is 4.15. The Labute approximate surface area is 152 Å². The lowest BCUT2D eigenvalue weighted by atomic mass is 10.0. The van der Waals surface area contributed by atoms with Crippen molar-refractivity contribution in [1.82, 2.24) is 20.0 Å². The topological polar surface area (TPSA) is 69.6 Å². The van der Waals surface area contributed by atoms with Crippen LogP contribution in [-0.2, 0) is 13.0 Å². The second kappa shape index (κ2) is 7.45. The highest BCUT2D eigenvalue weighted by atomic mass is 15.4. The van der Waals surface area contributed by atoms with E-state index in [4.69, 9.17) is 5.73 Å². The summed E-state index contributed by atoms with van der Waals surface area (Å²) < 4.78 is 1.87. The normalized spacial score (nSPS) is 12.3. The molecule has 0 aliphatic rings. The summed E-state index contributed by atoms with van der Waals surface area (Å²) in [5.74, 6) is 0. The molecule has 130 valence electrons. The lowest BCUT2D eigenvalue weighted by Gasteiger charge is -2.11. The van der Waals surface area contributed by atoms with E-state index in [2.05, 4.69) is 45.6 Å². The predicted molar refractivity (Wildman–Crippen MR) is 103 cm³/mol. The molecule has 0 bridgehead atoms. The second-order valence-corrected chi connectivity index (χ2v) is 6.54. The summed E-state index contributed by atoms with van der Waals surface area (Å²) in [6.07, 6.45) is 7.39. The van der Waals surface area contributed by atoms with Crippen molar-refractivity contribution in [3.8, 4) is 11.3 Å². The molecule has 26 heavy (non-hydrogen) atoms. The average Bonchev–Trinajstić information content (AvgIpc) is 3.16. The predicted octanol–water partition coefficient (Wildman–Crippen LogP) is 3.45. The van der Waals surface area contributed by atoms with Gasteiger partial charge in [-0.3, -0.25) is 9.67 Å². The fraction of sp³-hybridized carbons (Fsp3) is 0.190. The summed E-state index contributed by atoms with van der Waals surface area (Å²) in [6, 6.07) is 18.7. The molecule has 0 fully saturated rings. The van der Waals surface area contributed by atoms with Gasteiger partial charge in [0.05, 0.1) is 6.20 Å². The van der Waals surface area contributed by atoms with E-state index in [-0.39, 0.29) is 6.04 Å². The molecule has 2 aromatic heterocycles. The van der Waals surface area contributed by atoms with E-state index in [0.717, 1.165) is 41.4 Å². The Morgan fingerprint density at radius 2 is 1.88 bits per heavy atom. The Balaban J connectivity index is 1.41. The summed E-state index contributed by atoms with van der Waals surface area (Å²) in [6.45, 7) is 0.762. The van der Waals surface area contributed by atoms with Crippen LogP contribution in [0.15, 0.2) is 73.2 Å². The number of aryl methyl sites for hydroxylation is 1. The molecule has 0 aliphatic heterocycles. The van der Waals surface area contributed by atoms with Crippen LogP contribution in [0.1, 0.15) is 12.0 Å². The molecule has 0 spiro atoms. The number of nitrogens with zero attached hydrogens (tertiary/aromatic N) is 4. The SMILES string of the molecule is N[C@H](CCn1cc(-c2ccc3cnccc3c2)nn1)Cc1ccccc1. The van der Waals surface area contributed by atoms with Crippen molar-refractivity contribution >= 4 is 10.8 Å². The zero-order valence-electron chi connectivity index (χ0n) is 14.5. The number of fused-ring (bicyclic) bond motifs is 1. The number of hydrogen-bond donors (Lipinski definition) is 1. The third-order valence-corrected chi connectivity index (χ3v) is 4.54. The zero-order chi connectivity index (χ0) is 17.8. The van der Waals surface area contributed by atoms with Crippen molar-refractivity contribution in [1.29, 1.82) is 0 Å². The van der Waals surface area contributed by atoms with Crippen LogP contribution in [0.3, 0.4) is 0 Å². The van der Waals surface area contributed by atoms with Crippen molar-refractivity contribution in [2.75, 3.05) is 0 Å². The van der Waals surface area contributed by atoms with E-state index in [1.807, 2.05) is 41.3 Å². The highest BCUT2D eigenvalue weighted by Gasteiger charge is 2.08. The van der Waals surface area contributed by atoms with Gasteiger partial charge < -0.3 is 5.73 Å². The first-order chi connectivity index (χ1) is 12.8. The number of benzene rings is 2. The third kappa shape index (κ3) is 3.78. The minimum absolute atomic E-state index is 0.109. The minimum atomic E-state index is 0.109. The smallest absolute Gasteiger partial charge is 0.113 e.